The van der Waals surface area contributed by atoms with Crippen molar-refractivity contribution in [3.8, 4) is 0 Å². The highest BCUT2D eigenvalue weighted by molar-refractivity contribution is 5.36. The van der Waals surface area contributed by atoms with Crippen molar-refractivity contribution in [1.29, 1.82) is 0 Å². The highest BCUT2D eigenvalue weighted by atomic mass is 16.3. The molecule has 1 fully saturated rings. The minimum atomic E-state index is -1.12. The first-order valence-electron chi connectivity index (χ1n) is 11.1. The molecule has 0 spiro atoms. The summed E-state index contributed by atoms with van der Waals surface area (Å²) in [5.74, 6) is 0.158. The molecular weight excluding hydrogens is 360 g/mol. The number of β-amino-alcohol motifs (C(OH)–C–C–N with tert-alkyl or cyclic N) is 1. The monoisotopic (exact) mass is 394 g/mol. The van der Waals surface area contributed by atoms with Crippen molar-refractivity contribution in [3.63, 3.8) is 0 Å². The van der Waals surface area contributed by atoms with Crippen LogP contribution in [0, 0.1) is 5.92 Å². The van der Waals surface area contributed by atoms with Gasteiger partial charge >= 0.3 is 0 Å². The van der Waals surface area contributed by atoms with Crippen LogP contribution in [0.1, 0.15) is 48.8 Å². The normalized spacial score (nSPS) is 25.7. The standard InChI is InChI=1S/C25H34N2O2/c28-24-19-27(16-8-15-26-17-20-9-2-1-3-10-20)18-21-11-4-7-14-23(21)25(24,29)22-12-5-6-13-22/h1-4,7,9-11,14,22,24,26,28-29H,5-6,8,12-13,15-19H2/t24-,25+/m0/s1. The zero-order valence-corrected chi connectivity index (χ0v) is 17.3. The van der Waals surface area contributed by atoms with Gasteiger partial charge in [0.2, 0.25) is 0 Å². The van der Waals surface area contributed by atoms with Gasteiger partial charge in [-0.05, 0) is 55.0 Å². The summed E-state index contributed by atoms with van der Waals surface area (Å²) in [6.07, 6.45) is 4.59. The van der Waals surface area contributed by atoms with E-state index < -0.39 is 11.7 Å². The number of fused-ring (bicyclic) bond motifs is 1. The van der Waals surface area contributed by atoms with Crippen LogP contribution in [0.5, 0.6) is 0 Å². The van der Waals surface area contributed by atoms with E-state index in [4.69, 9.17) is 0 Å². The number of hydrogen-bond acceptors (Lipinski definition) is 4. The molecule has 1 aliphatic carbocycles. The molecule has 1 aliphatic heterocycles. The summed E-state index contributed by atoms with van der Waals surface area (Å²) in [4.78, 5) is 2.31. The maximum Gasteiger partial charge on any atom is 0.120 e. The predicted octanol–water partition coefficient (Wildman–Crippen LogP) is 3.42. The third-order valence-corrected chi connectivity index (χ3v) is 6.76. The van der Waals surface area contributed by atoms with Gasteiger partial charge in [-0.2, -0.15) is 0 Å². The van der Waals surface area contributed by atoms with Crippen molar-refractivity contribution < 1.29 is 10.2 Å². The topological polar surface area (TPSA) is 55.7 Å². The Balaban J connectivity index is 1.38. The van der Waals surface area contributed by atoms with Gasteiger partial charge in [-0.25, -0.2) is 0 Å². The van der Waals surface area contributed by atoms with E-state index in [2.05, 4.69) is 40.5 Å². The molecule has 0 aromatic heterocycles. The molecule has 29 heavy (non-hydrogen) atoms. The molecule has 156 valence electrons. The summed E-state index contributed by atoms with van der Waals surface area (Å²) < 4.78 is 0. The number of hydrogen-bond donors (Lipinski definition) is 3. The smallest absolute Gasteiger partial charge is 0.120 e. The van der Waals surface area contributed by atoms with Crippen molar-refractivity contribution in [2.24, 2.45) is 5.92 Å². The molecule has 3 N–H and O–H groups in total. The molecule has 0 bridgehead atoms. The van der Waals surface area contributed by atoms with Gasteiger partial charge in [-0.3, -0.25) is 4.90 Å². The molecule has 0 unspecified atom stereocenters. The first-order chi connectivity index (χ1) is 14.2. The minimum absolute atomic E-state index is 0.158. The van der Waals surface area contributed by atoms with Gasteiger partial charge < -0.3 is 15.5 Å². The summed E-state index contributed by atoms with van der Waals surface area (Å²) in [5, 5.41) is 26.4. The summed E-state index contributed by atoms with van der Waals surface area (Å²) in [5.41, 5.74) is 2.29. The number of rotatable bonds is 7. The van der Waals surface area contributed by atoms with Crippen LogP contribution >= 0.6 is 0 Å². The van der Waals surface area contributed by atoms with Crippen molar-refractivity contribution >= 4 is 0 Å². The Hall–Kier alpha value is -1.72. The molecule has 0 amide bonds. The fourth-order valence-electron chi connectivity index (χ4n) is 5.20. The third kappa shape index (κ3) is 4.56. The van der Waals surface area contributed by atoms with E-state index in [0.29, 0.717) is 6.54 Å². The molecule has 0 saturated heterocycles. The van der Waals surface area contributed by atoms with E-state index in [-0.39, 0.29) is 5.92 Å². The Morgan fingerprint density at radius 1 is 1.00 bits per heavy atom. The van der Waals surface area contributed by atoms with Crippen LogP contribution in [0.15, 0.2) is 54.6 Å². The Morgan fingerprint density at radius 3 is 2.52 bits per heavy atom. The second-order valence-corrected chi connectivity index (χ2v) is 8.73. The van der Waals surface area contributed by atoms with Gasteiger partial charge in [0.15, 0.2) is 0 Å². The Kier molecular flexibility index (Phi) is 6.66. The van der Waals surface area contributed by atoms with Crippen LogP contribution < -0.4 is 5.32 Å². The number of nitrogens with one attached hydrogen (secondary N) is 1. The number of aliphatic hydroxyl groups excluding tert-OH is 1. The molecule has 2 aromatic carbocycles. The van der Waals surface area contributed by atoms with Gasteiger partial charge in [0.1, 0.15) is 5.60 Å². The third-order valence-electron chi connectivity index (χ3n) is 6.76. The molecule has 2 aliphatic rings. The Morgan fingerprint density at radius 2 is 1.72 bits per heavy atom. The maximum absolute atomic E-state index is 11.7. The van der Waals surface area contributed by atoms with Gasteiger partial charge in [0, 0.05) is 19.6 Å². The van der Waals surface area contributed by atoms with Crippen molar-refractivity contribution in [2.75, 3.05) is 19.6 Å². The van der Waals surface area contributed by atoms with Crippen molar-refractivity contribution in [1.82, 2.24) is 10.2 Å². The van der Waals surface area contributed by atoms with Crippen molar-refractivity contribution in [2.45, 2.75) is 56.9 Å². The number of nitrogens with zero attached hydrogens (tertiary/aromatic N) is 1. The average Bonchev–Trinajstić information content (AvgIpc) is 3.26. The van der Waals surface area contributed by atoms with E-state index in [1.165, 1.54) is 5.56 Å². The molecule has 1 saturated carbocycles. The number of aliphatic hydroxyl groups is 2. The van der Waals surface area contributed by atoms with E-state index in [1.54, 1.807) is 0 Å². The first kappa shape index (κ1) is 20.5. The summed E-state index contributed by atoms with van der Waals surface area (Å²) in [7, 11) is 0. The fourth-order valence-corrected chi connectivity index (χ4v) is 5.20. The van der Waals surface area contributed by atoms with E-state index in [0.717, 1.165) is 69.4 Å². The summed E-state index contributed by atoms with van der Waals surface area (Å²) in [6, 6.07) is 18.6. The molecule has 0 radical (unpaired) electrons. The zero-order chi connectivity index (χ0) is 20.1. The first-order valence-corrected chi connectivity index (χ1v) is 11.1. The predicted molar refractivity (Wildman–Crippen MR) is 116 cm³/mol. The van der Waals surface area contributed by atoms with E-state index >= 15 is 0 Å². The lowest BCUT2D eigenvalue weighted by Gasteiger charge is -2.39. The van der Waals surface area contributed by atoms with Crippen LogP contribution in [-0.2, 0) is 18.7 Å². The zero-order valence-electron chi connectivity index (χ0n) is 17.3. The summed E-state index contributed by atoms with van der Waals surface area (Å²) >= 11 is 0. The lowest BCUT2D eigenvalue weighted by Crippen LogP contribution is -2.49. The average molecular weight is 395 g/mol. The number of benzene rings is 2. The second-order valence-electron chi connectivity index (χ2n) is 8.73. The van der Waals surface area contributed by atoms with Crippen molar-refractivity contribution in [3.05, 3.63) is 71.3 Å². The van der Waals surface area contributed by atoms with Crippen LogP contribution in [0.2, 0.25) is 0 Å². The fraction of sp³-hybridized carbons (Fsp3) is 0.520. The van der Waals surface area contributed by atoms with Gasteiger partial charge in [0.05, 0.1) is 6.10 Å². The van der Waals surface area contributed by atoms with E-state index in [1.807, 2.05) is 24.3 Å². The summed E-state index contributed by atoms with van der Waals surface area (Å²) in [6.45, 7) is 4.05. The highest BCUT2D eigenvalue weighted by Gasteiger charge is 2.48. The molecule has 2 aromatic rings. The Bertz CT molecular complexity index is 775. The van der Waals surface area contributed by atoms with Crippen LogP contribution in [0.3, 0.4) is 0 Å². The molecular formula is C25H34N2O2. The quantitative estimate of drug-likeness (QED) is 0.630. The lowest BCUT2D eigenvalue weighted by molar-refractivity contribution is -0.124. The molecule has 4 nitrogen and oxygen atoms in total. The molecule has 4 heteroatoms. The van der Waals surface area contributed by atoms with Gasteiger partial charge in [-0.1, -0.05) is 67.4 Å². The minimum Gasteiger partial charge on any atom is -0.388 e. The molecule has 1 heterocycles. The van der Waals surface area contributed by atoms with Crippen LogP contribution in [-0.4, -0.2) is 40.9 Å². The molecule has 2 atom stereocenters. The van der Waals surface area contributed by atoms with Gasteiger partial charge in [0.25, 0.3) is 0 Å². The Labute approximate surface area is 174 Å². The molecule has 4 rings (SSSR count). The largest absolute Gasteiger partial charge is 0.388 e. The maximum atomic E-state index is 11.7. The second kappa shape index (κ2) is 9.40. The van der Waals surface area contributed by atoms with Crippen LogP contribution in [0.25, 0.3) is 0 Å². The lowest BCUT2D eigenvalue weighted by atomic mass is 9.75. The van der Waals surface area contributed by atoms with E-state index in [9.17, 15) is 10.2 Å². The van der Waals surface area contributed by atoms with Crippen LogP contribution in [0.4, 0.5) is 0 Å². The highest BCUT2D eigenvalue weighted by Crippen LogP contribution is 2.45. The van der Waals surface area contributed by atoms with Gasteiger partial charge in [-0.15, -0.1) is 0 Å². The SMILES string of the molecule is O[C@H]1CN(CCCNCc2ccccc2)Cc2ccccc2[C@]1(O)C1CCCC1.